The number of benzene rings is 2. The number of phenols is 1. The van der Waals surface area contributed by atoms with Gasteiger partial charge in [-0.1, -0.05) is 35.9 Å². The Kier molecular flexibility index (Phi) is 3.24. The van der Waals surface area contributed by atoms with Crippen LogP contribution < -0.4 is 0 Å². The maximum atomic E-state index is 9.71. The van der Waals surface area contributed by atoms with Gasteiger partial charge in [0, 0.05) is 6.21 Å². The van der Waals surface area contributed by atoms with Gasteiger partial charge >= 0.3 is 0 Å². The highest BCUT2D eigenvalue weighted by atomic mass is 16.3. The van der Waals surface area contributed by atoms with E-state index in [0.29, 0.717) is 5.69 Å². The van der Waals surface area contributed by atoms with Gasteiger partial charge in [0.25, 0.3) is 0 Å². The Balaban J connectivity index is 2.26. The van der Waals surface area contributed by atoms with Crippen molar-refractivity contribution >= 4 is 11.9 Å². The molecule has 2 heteroatoms. The molecule has 1 N–H and O–H groups in total. The summed E-state index contributed by atoms with van der Waals surface area (Å²) >= 11 is 0. The van der Waals surface area contributed by atoms with Crippen LogP contribution in [-0.4, -0.2) is 11.3 Å². The molecule has 0 spiro atoms. The van der Waals surface area contributed by atoms with Crippen molar-refractivity contribution in [3.63, 3.8) is 0 Å². The molecule has 0 amide bonds. The molecule has 0 fully saturated rings. The molecule has 0 saturated heterocycles. The molecule has 0 unspecified atom stereocenters. The fourth-order valence-electron chi connectivity index (χ4n) is 1.64. The zero-order valence-corrected chi connectivity index (χ0v) is 10.0. The van der Waals surface area contributed by atoms with E-state index in [0.717, 1.165) is 11.1 Å². The van der Waals surface area contributed by atoms with E-state index in [-0.39, 0.29) is 5.75 Å². The fourth-order valence-corrected chi connectivity index (χ4v) is 1.64. The summed E-state index contributed by atoms with van der Waals surface area (Å²) in [5.74, 6) is 0.217. The van der Waals surface area contributed by atoms with Crippen molar-refractivity contribution in [2.45, 2.75) is 13.8 Å². The van der Waals surface area contributed by atoms with Gasteiger partial charge in [0.05, 0.1) is 0 Å². The Labute approximate surface area is 101 Å². The Morgan fingerprint density at radius 3 is 2.47 bits per heavy atom. The lowest BCUT2D eigenvalue weighted by molar-refractivity contribution is 0.476. The Hall–Kier alpha value is -2.09. The molecule has 0 saturated carbocycles. The van der Waals surface area contributed by atoms with E-state index >= 15 is 0 Å². The van der Waals surface area contributed by atoms with Crippen molar-refractivity contribution in [2.75, 3.05) is 0 Å². The van der Waals surface area contributed by atoms with Crippen LogP contribution in [0.2, 0.25) is 0 Å². The molecule has 0 radical (unpaired) electrons. The molecule has 2 aromatic rings. The third-order valence-electron chi connectivity index (χ3n) is 2.53. The summed E-state index contributed by atoms with van der Waals surface area (Å²) in [6.45, 7) is 3.98. The van der Waals surface area contributed by atoms with Crippen molar-refractivity contribution in [3.05, 3.63) is 59.2 Å². The number of phenolic OH excluding ortho intramolecular Hbond substituents is 1. The molecule has 86 valence electrons. The van der Waals surface area contributed by atoms with E-state index in [1.165, 1.54) is 5.56 Å². The number of hydrogen-bond acceptors (Lipinski definition) is 2. The van der Waals surface area contributed by atoms with Gasteiger partial charge in [-0.15, -0.1) is 0 Å². The monoisotopic (exact) mass is 225 g/mol. The molecule has 17 heavy (non-hydrogen) atoms. The van der Waals surface area contributed by atoms with Gasteiger partial charge in [-0.05, 0) is 37.1 Å². The van der Waals surface area contributed by atoms with Crippen LogP contribution in [0.15, 0.2) is 47.5 Å². The van der Waals surface area contributed by atoms with Gasteiger partial charge < -0.3 is 5.11 Å². The summed E-state index contributed by atoms with van der Waals surface area (Å²) in [5, 5.41) is 9.71. The van der Waals surface area contributed by atoms with Crippen LogP contribution in [-0.2, 0) is 0 Å². The minimum atomic E-state index is 0.217. The molecular weight excluding hydrogens is 210 g/mol. The van der Waals surface area contributed by atoms with Gasteiger partial charge in [0.2, 0.25) is 0 Å². The quantitative estimate of drug-likeness (QED) is 0.775. The number of rotatable bonds is 2. The van der Waals surface area contributed by atoms with Crippen molar-refractivity contribution in [3.8, 4) is 5.75 Å². The lowest BCUT2D eigenvalue weighted by Crippen LogP contribution is -1.81. The topological polar surface area (TPSA) is 32.6 Å². The molecule has 0 atom stereocenters. The second-order valence-corrected chi connectivity index (χ2v) is 4.16. The fraction of sp³-hybridized carbons (Fsp3) is 0.133. The molecule has 0 aliphatic rings. The van der Waals surface area contributed by atoms with Crippen LogP contribution in [0.5, 0.6) is 5.75 Å². The third kappa shape index (κ3) is 2.94. The van der Waals surface area contributed by atoms with Crippen molar-refractivity contribution in [2.24, 2.45) is 4.99 Å². The highest BCUT2D eigenvalue weighted by molar-refractivity contribution is 5.82. The van der Waals surface area contributed by atoms with Crippen molar-refractivity contribution in [1.29, 1.82) is 0 Å². The van der Waals surface area contributed by atoms with E-state index < -0.39 is 0 Å². The molecule has 2 aromatic carbocycles. The maximum Gasteiger partial charge on any atom is 0.141 e. The highest BCUT2D eigenvalue weighted by Gasteiger charge is 1.98. The van der Waals surface area contributed by atoms with E-state index in [9.17, 15) is 5.11 Å². The largest absolute Gasteiger partial charge is 0.506 e. The molecule has 0 aromatic heterocycles. The molecule has 2 rings (SSSR count). The van der Waals surface area contributed by atoms with Crippen molar-refractivity contribution < 1.29 is 5.11 Å². The molecule has 2 nitrogen and oxygen atoms in total. The normalized spacial score (nSPS) is 10.9. The van der Waals surface area contributed by atoms with Crippen LogP contribution in [0.1, 0.15) is 16.7 Å². The standard InChI is InChI=1S/C15H15NO/c1-11-4-3-5-13(8-11)10-16-14-7-6-12(2)9-15(14)17/h3-10,17H,1-2H3. The number of aliphatic imine (C=N–C) groups is 1. The first-order valence-corrected chi connectivity index (χ1v) is 5.55. The van der Waals surface area contributed by atoms with E-state index in [4.69, 9.17) is 0 Å². The second kappa shape index (κ2) is 4.83. The summed E-state index contributed by atoms with van der Waals surface area (Å²) in [6.07, 6.45) is 1.76. The summed E-state index contributed by atoms with van der Waals surface area (Å²) in [4.78, 5) is 4.28. The van der Waals surface area contributed by atoms with Crippen LogP contribution in [0.4, 0.5) is 5.69 Å². The van der Waals surface area contributed by atoms with Gasteiger partial charge in [-0.25, -0.2) is 0 Å². The number of nitrogens with zero attached hydrogens (tertiary/aromatic N) is 1. The summed E-state index contributed by atoms with van der Waals surface area (Å²) in [5.41, 5.74) is 3.85. The Morgan fingerprint density at radius 2 is 1.76 bits per heavy atom. The second-order valence-electron chi connectivity index (χ2n) is 4.16. The minimum absolute atomic E-state index is 0.217. The molecular formula is C15H15NO. The first-order valence-electron chi connectivity index (χ1n) is 5.55. The van der Waals surface area contributed by atoms with Crippen LogP contribution in [0.25, 0.3) is 0 Å². The van der Waals surface area contributed by atoms with Gasteiger partial charge in [0.15, 0.2) is 0 Å². The number of aryl methyl sites for hydroxylation is 2. The Bertz CT molecular complexity index is 559. The molecule has 0 aliphatic heterocycles. The zero-order chi connectivity index (χ0) is 12.3. The number of hydrogen-bond donors (Lipinski definition) is 1. The van der Waals surface area contributed by atoms with E-state index in [2.05, 4.69) is 11.1 Å². The van der Waals surface area contributed by atoms with Gasteiger partial charge in [-0.3, -0.25) is 4.99 Å². The van der Waals surface area contributed by atoms with E-state index in [1.54, 1.807) is 12.3 Å². The van der Waals surface area contributed by atoms with Gasteiger partial charge in [0.1, 0.15) is 11.4 Å². The first kappa shape index (κ1) is 11.4. The van der Waals surface area contributed by atoms with Crippen molar-refractivity contribution in [1.82, 2.24) is 0 Å². The SMILES string of the molecule is Cc1cccc(C=Nc2ccc(C)cc2O)c1. The number of aromatic hydroxyl groups is 1. The van der Waals surface area contributed by atoms with E-state index in [1.807, 2.05) is 44.2 Å². The summed E-state index contributed by atoms with van der Waals surface area (Å²) in [7, 11) is 0. The van der Waals surface area contributed by atoms with Crippen LogP contribution >= 0.6 is 0 Å². The van der Waals surface area contributed by atoms with Crippen LogP contribution in [0, 0.1) is 13.8 Å². The molecule has 0 heterocycles. The average molecular weight is 225 g/mol. The summed E-state index contributed by atoms with van der Waals surface area (Å²) < 4.78 is 0. The Morgan fingerprint density at radius 1 is 1.00 bits per heavy atom. The molecule has 0 aliphatic carbocycles. The maximum absolute atomic E-state index is 9.71. The molecule has 0 bridgehead atoms. The lowest BCUT2D eigenvalue weighted by Gasteiger charge is -2.00. The zero-order valence-electron chi connectivity index (χ0n) is 10.0. The predicted octanol–water partition coefficient (Wildman–Crippen LogP) is 3.76. The van der Waals surface area contributed by atoms with Gasteiger partial charge in [-0.2, -0.15) is 0 Å². The highest BCUT2D eigenvalue weighted by Crippen LogP contribution is 2.26. The summed E-state index contributed by atoms with van der Waals surface area (Å²) in [6, 6.07) is 13.5. The van der Waals surface area contributed by atoms with Crippen LogP contribution in [0.3, 0.4) is 0 Å². The lowest BCUT2D eigenvalue weighted by atomic mass is 10.1. The predicted molar refractivity (Wildman–Crippen MR) is 71.3 cm³/mol. The third-order valence-corrected chi connectivity index (χ3v) is 2.53. The minimum Gasteiger partial charge on any atom is -0.506 e. The average Bonchev–Trinajstić information content (AvgIpc) is 2.28. The smallest absolute Gasteiger partial charge is 0.141 e. The first-order chi connectivity index (χ1) is 8.15.